The quantitative estimate of drug-likeness (QED) is 0.778. The van der Waals surface area contributed by atoms with Crippen LogP contribution >= 0.6 is 15.9 Å². The highest BCUT2D eigenvalue weighted by Crippen LogP contribution is 2.40. The Morgan fingerprint density at radius 3 is 2.86 bits per heavy atom. The van der Waals surface area contributed by atoms with Crippen molar-refractivity contribution in [3.05, 3.63) is 22.2 Å². The third-order valence-electron chi connectivity index (χ3n) is 2.03. The van der Waals surface area contributed by atoms with Crippen molar-refractivity contribution in [1.29, 1.82) is 0 Å². The first kappa shape index (κ1) is 9.80. The number of phenols is 1. The number of hydrogen-bond acceptors (Lipinski definition) is 3. The Kier molecular flexibility index (Phi) is 2.20. The number of rotatable bonds is 0. The molecule has 1 aromatic rings. The Bertz CT molecular complexity index is 374. The molecule has 0 aliphatic carbocycles. The van der Waals surface area contributed by atoms with E-state index in [9.17, 15) is 5.11 Å². The van der Waals surface area contributed by atoms with Crippen LogP contribution in [0.15, 0.2) is 16.6 Å². The van der Waals surface area contributed by atoms with Gasteiger partial charge in [0.15, 0.2) is 11.5 Å². The molecule has 0 aromatic heterocycles. The fraction of sp³-hybridized carbons (Fsp3) is 0.400. The fourth-order valence-corrected chi connectivity index (χ4v) is 1.88. The first-order valence-corrected chi connectivity index (χ1v) is 5.11. The Labute approximate surface area is 90.8 Å². The van der Waals surface area contributed by atoms with E-state index in [0.717, 1.165) is 10.0 Å². The normalized spacial score (nSPS) is 18.5. The van der Waals surface area contributed by atoms with Crippen LogP contribution in [-0.2, 0) is 11.3 Å². The molecule has 2 rings (SSSR count). The van der Waals surface area contributed by atoms with E-state index in [4.69, 9.17) is 9.47 Å². The van der Waals surface area contributed by atoms with Crippen LogP contribution in [0.25, 0.3) is 0 Å². The number of ether oxygens (including phenoxy) is 2. The third kappa shape index (κ3) is 1.72. The van der Waals surface area contributed by atoms with Gasteiger partial charge >= 0.3 is 0 Å². The Balaban J connectivity index is 2.47. The van der Waals surface area contributed by atoms with Crippen molar-refractivity contribution in [1.82, 2.24) is 0 Å². The SMILES string of the molecule is CC1(C)OCc2cc(Br)cc(O)c2O1. The molecule has 0 unspecified atom stereocenters. The Hall–Kier alpha value is -0.740. The minimum Gasteiger partial charge on any atom is -0.504 e. The molecular weight excluding hydrogens is 248 g/mol. The lowest BCUT2D eigenvalue weighted by molar-refractivity contribution is -0.180. The van der Waals surface area contributed by atoms with E-state index >= 15 is 0 Å². The summed E-state index contributed by atoms with van der Waals surface area (Å²) in [6.07, 6.45) is 0. The van der Waals surface area contributed by atoms with Crippen LogP contribution in [-0.4, -0.2) is 10.9 Å². The molecule has 0 spiro atoms. The number of aromatic hydroxyl groups is 1. The van der Waals surface area contributed by atoms with Crippen molar-refractivity contribution >= 4 is 15.9 Å². The van der Waals surface area contributed by atoms with Crippen LogP contribution in [0.5, 0.6) is 11.5 Å². The fourth-order valence-electron chi connectivity index (χ4n) is 1.39. The molecule has 0 fully saturated rings. The maximum atomic E-state index is 9.66. The summed E-state index contributed by atoms with van der Waals surface area (Å²) in [5.41, 5.74) is 0.858. The van der Waals surface area contributed by atoms with Gasteiger partial charge in [-0.2, -0.15) is 0 Å². The molecule has 0 atom stereocenters. The smallest absolute Gasteiger partial charge is 0.205 e. The van der Waals surface area contributed by atoms with Gasteiger partial charge in [-0.25, -0.2) is 0 Å². The van der Waals surface area contributed by atoms with Crippen LogP contribution in [0, 0.1) is 0 Å². The molecule has 3 nitrogen and oxygen atoms in total. The highest BCUT2D eigenvalue weighted by Gasteiger charge is 2.29. The largest absolute Gasteiger partial charge is 0.504 e. The lowest BCUT2D eigenvalue weighted by Crippen LogP contribution is -2.35. The van der Waals surface area contributed by atoms with Gasteiger partial charge in [-0.15, -0.1) is 0 Å². The Morgan fingerprint density at radius 1 is 1.43 bits per heavy atom. The maximum Gasteiger partial charge on any atom is 0.205 e. The summed E-state index contributed by atoms with van der Waals surface area (Å²) in [7, 11) is 0. The van der Waals surface area contributed by atoms with Crippen molar-refractivity contribution in [2.75, 3.05) is 0 Å². The van der Waals surface area contributed by atoms with Crippen molar-refractivity contribution in [3.63, 3.8) is 0 Å². The van der Waals surface area contributed by atoms with Gasteiger partial charge in [-0.05, 0) is 12.1 Å². The number of benzene rings is 1. The summed E-state index contributed by atoms with van der Waals surface area (Å²) in [6.45, 7) is 4.09. The number of hydrogen-bond donors (Lipinski definition) is 1. The predicted octanol–water partition coefficient (Wildman–Crippen LogP) is 2.80. The molecule has 1 N–H and O–H groups in total. The standard InChI is InChI=1S/C10H11BrO3/c1-10(2)13-5-6-3-7(11)4-8(12)9(6)14-10/h3-4,12H,5H2,1-2H3. The van der Waals surface area contributed by atoms with Crippen molar-refractivity contribution in [3.8, 4) is 11.5 Å². The molecule has 14 heavy (non-hydrogen) atoms. The van der Waals surface area contributed by atoms with Gasteiger partial charge in [0.1, 0.15) is 0 Å². The molecule has 1 aliphatic rings. The summed E-state index contributed by atoms with van der Waals surface area (Å²) in [6, 6.07) is 3.49. The van der Waals surface area contributed by atoms with Gasteiger partial charge in [-0.1, -0.05) is 15.9 Å². The number of halogens is 1. The molecule has 1 heterocycles. The van der Waals surface area contributed by atoms with Crippen molar-refractivity contribution in [2.24, 2.45) is 0 Å². The lowest BCUT2D eigenvalue weighted by Gasteiger charge is -2.32. The minimum absolute atomic E-state index is 0.144. The van der Waals surface area contributed by atoms with E-state index in [0.29, 0.717) is 12.4 Å². The molecule has 4 heteroatoms. The van der Waals surface area contributed by atoms with E-state index in [2.05, 4.69) is 15.9 Å². The minimum atomic E-state index is -0.668. The van der Waals surface area contributed by atoms with Crippen LogP contribution < -0.4 is 4.74 Å². The summed E-state index contributed by atoms with van der Waals surface area (Å²) < 4.78 is 11.8. The van der Waals surface area contributed by atoms with Gasteiger partial charge in [0.05, 0.1) is 6.61 Å². The molecule has 0 amide bonds. The lowest BCUT2D eigenvalue weighted by atomic mass is 10.1. The van der Waals surface area contributed by atoms with E-state index in [-0.39, 0.29) is 5.75 Å². The maximum absolute atomic E-state index is 9.66. The van der Waals surface area contributed by atoms with Gasteiger partial charge < -0.3 is 14.6 Å². The van der Waals surface area contributed by atoms with Gasteiger partial charge in [-0.3, -0.25) is 0 Å². The third-order valence-corrected chi connectivity index (χ3v) is 2.49. The van der Waals surface area contributed by atoms with Crippen LogP contribution in [0.4, 0.5) is 0 Å². The highest BCUT2D eigenvalue weighted by atomic mass is 79.9. The van der Waals surface area contributed by atoms with E-state index in [1.807, 2.05) is 19.9 Å². The number of fused-ring (bicyclic) bond motifs is 1. The van der Waals surface area contributed by atoms with Crippen molar-refractivity contribution < 1.29 is 14.6 Å². The molecule has 1 aliphatic heterocycles. The molecule has 76 valence electrons. The number of phenolic OH excluding ortho intramolecular Hbond substituents is 1. The average molecular weight is 259 g/mol. The first-order chi connectivity index (χ1) is 6.48. The first-order valence-electron chi connectivity index (χ1n) is 4.32. The molecule has 1 aromatic carbocycles. The second-order valence-electron chi connectivity index (χ2n) is 3.70. The molecule has 0 saturated carbocycles. The molecule has 0 saturated heterocycles. The zero-order valence-electron chi connectivity index (χ0n) is 8.00. The molecule has 0 bridgehead atoms. The molecule has 0 radical (unpaired) electrons. The average Bonchev–Trinajstić information content (AvgIpc) is 2.06. The van der Waals surface area contributed by atoms with Crippen molar-refractivity contribution in [2.45, 2.75) is 26.2 Å². The summed E-state index contributed by atoms with van der Waals surface area (Å²) in [5, 5.41) is 9.66. The second kappa shape index (κ2) is 3.14. The van der Waals surface area contributed by atoms with Gasteiger partial charge in [0.25, 0.3) is 0 Å². The summed E-state index contributed by atoms with van der Waals surface area (Å²) in [4.78, 5) is 0. The highest BCUT2D eigenvalue weighted by molar-refractivity contribution is 9.10. The molecular formula is C10H11BrO3. The zero-order chi connectivity index (χ0) is 10.3. The predicted molar refractivity (Wildman–Crippen MR) is 55.3 cm³/mol. The van der Waals surface area contributed by atoms with Crippen LogP contribution in [0.2, 0.25) is 0 Å². The summed E-state index contributed by atoms with van der Waals surface area (Å²) in [5.74, 6) is -0.00612. The van der Waals surface area contributed by atoms with Crippen LogP contribution in [0.1, 0.15) is 19.4 Å². The topological polar surface area (TPSA) is 38.7 Å². The summed E-state index contributed by atoms with van der Waals surface area (Å²) >= 11 is 3.30. The zero-order valence-corrected chi connectivity index (χ0v) is 9.59. The van der Waals surface area contributed by atoms with E-state index in [1.54, 1.807) is 6.07 Å². The van der Waals surface area contributed by atoms with Gasteiger partial charge in [0.2, 0.25) is 5.79 Å². The van der Waals surface area contributed by atoms with Crippen LogP contribution in [0.3, 0.4) is 0 Å². The Morgan fingerprint density at radius 2 is 2.14 bits per heavy atom. The monoisotopic (exact) mass is 258 g/mol. The van der Waals surface area contributed by atoms with E-state index in [1.165, 1.54) is 0 Å². The second-order valence-corrected chi connectivity index (χ2v) is 4.62. The van der Waals surface area contributed by atoms with Gasteiger partial charge in [0, 0.05) is 23.9 Å². The van der Waals surface area contributed by atoms with E-state index < -0.39 is 5.79 Å².